The van der Waals surface area contributed by atoms with E-state index < -0.39 is 5.54 Å². The van der Waals surface area contributed by atoms with Crippen LogP contribution in [0.25, 0.3) is 33.1 Å². The van der Waals surface area contributed by atoms with E-state index in [1.807, 2.05) is 30.3 Å². The number of aryl methyl sites for hydroxylation is 2. The predicted molar refractivity (Wildman–Crippen MR) is 124 cm³/mol. The molecule has 4 rings (SSSR count). The van der Waals surface area contributed by atoms with Crippen molar-refractivity contribution in [3.8, 4) is 11.1 Å². The Hall–Kier alpha value is -2.99. The lowest BCUT2D eigenvalue weighted by atomic mass is 9.93. The summed E-state index contributed by atoms with van der Waals surface area (Å²) in [6.45, 7) is 1.53. The van der Waals surface area contributed by atoms with Gasteiger partial charge in [0, 0.05) is 0 Å². The lowest BCUT2D eigenvalue weighted by molar-refractivity contribution is 0.115. The van der Waals surface area contributed by atoms with Crippen molar-refractivity contribution in [2.24, 2.45) is 5.73 Å². The second kappa shape index (κ2) is 8.63. The fraction of sp³-hybridized carbons (Fsp3) is 0.269. The van der Waals surface area contributed by atoms with Gasteiger partial charge in [0.15, 0.2) is 0 Å². The third-order valence-electron chi connectivity index (χ3n) is 5.97. The molecular formula is C26H27NO4. The Bertz CT molecular complexity index is 1270. The van der Waals surface area contributed by atoms with Crippen molar-refractivity contribution in [2.75, 3.05) is 13.2 Å². The van der Waals surface area contributed by atoms with E-state index >= 15 is 0 Å². The summed E-state index contributed by atoms with van der Waals surface area (Å²) < 4.78 is 6.07. The van der Waals surface area contributed by atoms with Gasteiger partial charge >= 0.3 is 0 Å². The molecule has 1 aromatic heterocycles. The van der Waals surface area contributed by atoms with E-state index in [0.29, 0.717) is 34.8 Å². The van der Waals surface area contributed by atoms with Crippen molar-refractivity contribution in [3.05, 3.63) is 82.0 Å². The second-order valence-electron chi connectivity index (χ2n) is 8.20. The maximum Gasteiger partial charge on any atom is 0.200 e. The third-order valence-corrected chi connectivity index (χ3v) is 5.97. The molecule has 0 spiro atoms. The zero-order valence-corrected chi connectivity index (χ0v) is 17.6. The van der Waals surface area contributed by atoms with Gasteiger partial charge in [-0.25, -0.2) is 0 Å². The van der Waals surface area contributed by atoms with E-state index in [9.17, 15) is 15.0 Å². The monoisotopic (exact) mass is 417 g/mol. The molecule has 160 valence electrons. The molecule has 0 radical (unpaired) electrons. The third kappa shape index (κ3) is 4.26. The van der Waals surface area contributed by atoms with E-state index in [0.717, 1.165) is 23.1 Å². The lowest BCUT2D eigenvalue weighted by Crippen LogP contribution is -2.47. The Morgan fingerprint density at radius 1 is 0.839 bits per heavy atom. The number of aliphatic hydroxyl groups excluding tert-OH is 2. The van der Waals surface area contributed by atoms with Crippen LogP contribution >= 0.6 is 0 Å². The van der Waals surface area contributed by atoms with Crippen molar-refractivity contribution in [1.82, 2.24) is 0 Å². The molecule has 0 aliphatic heterocycles. The molecule has 0 saturated heterocycles. The Labute approximate surface area is 180 Å². The zero-order chi connectivity index (χ0) is 22.0. The number of fused-ring (bicyclic) bond motifs is 2. The average molecular weight is 418 g/mol. The van der Waals surface area contributed by atoms with Crippen LogP contribution in [-0.4, -0.2) is 29.0 Å². The standard InChI is InChI=1S/C26H27NO4/c1-2-17-3-6-19(7-4-17)20-8-9-21-24(14-20)31-23-10-5-18(13-22(23)25(21)30)11-12-26(27,15-28)16-29/h3-10,13-14,28-29H,2,11-12,15-16,27H2,1H3. The topological polar surface area (TPSA) is 96.7 Å². The summed E-state index contributed by atoms with van der Waals surface area (Å²) in [7, 11) is 0. The maximum atomic E-state index is 13.1. The molecule has 0 fully saturated rings. The van der Waals surface area contributed by atoms with Gasteiger partial charge in [0.25, 0.3) is 0 Å². The van der Waals surface area contributed by atoms with Gasteiger partial charge < -0.3 is 20.4 Å². The minimum absolute atomic E-state index is 0.0747. The van der Waals surface area contributed by atoms with Crippen molar-refractivity contribution in [2.45, 2.75) is 31.7 Å². The van der Waals surface area contributed by atoms with Crippen LogP contribution < -0.4 is 11.2 Å². The van der Waals surface area contributed by atoms with Crippen LogP contribution in [-0.2, 0) is 12.8 Å². The SMILES string of the molecule is CCc1ccc(-c2ccc3c(=O)c4cc(CCC(N)(CO)CO)ccc4oc3c2)cc1. The smallest absolute Gasteiger partial charge is 0.200 e. The summed E-state index contributed by atoms with van der Waals surface area (Å²) in [4.78, 5) is 13.1. The van der Waals surface area contributed by atoms with Gasteiger partial charge in [-0.15, -0.1) is 0 Å². The summed E-state index contributed by atoms with van der Waals surface area (Å²) >= 11 is 0. The summed E-state index contributed by atoms with van der Waals surface area (Å²) in [5, 5.41) is 19.8. The van der Waals surface area contributed by atoms with Crippen LogP contribution in [0.5, 0.6) is 0 Å². The first-order valence-electron chi connectivity index (χ1n) is 10.6. The Morgan fingerprint density at radius 2 is 1.52 bits per heavy atom. The second-order valence-corrected chi connectivity index (χ2v) is 8.20. The highest BCUT2D eigenvalue weighted by molar-refractivity contribution is 5.92. The fourth-order valence-electron chi connectivity index (χ4n) is 3.77. The molecule has 5 nitrogen and oxygen atoms in total. The van der Waals surface area contributed by atoms with Crippen molar-refractivity contribution in [3.63, 3.8) is 0 Å². The minimum atomic E-state index is -1.03. The van der Waals surface area contributed by atoms with Gasteiger partial charge in [-0.3, -0.25) is 4.79 Å². The molecule has 3 aromatic carbocycles. The van der Waals surface area contributed by atoms with Gasteiger partial charge in [-0.05, 0) is 65.8 Å². The minimum Gasteiger partial charge on any atom is -0.456 e. The number of nitrogens with two attached hydrogens (primary N) is 1. The first-order valence-corrected chi connectivity index (χ1v) is 10.6. The molecule has 0 aliphatic carbocycles. The summed E-state index contributed by atoms with van der Waals surface area (Å²) in [6, 6.07) is 19.6. The van der Waals surface area contributed by atoms with Gasteiger partial charge in [-0.1, -0.05) is 43.3 Å². The van der Waals surface area contributed by atoms with Gasteiger partial charge in [0.1, 0.15) is 11.2 Å². The van der Waals surface area contributed by atoms with E-state index in [2.05, 4.69) is 31.2 Å². The number of benzene rings is 3. The van der Waals surface area contributed by atoms with Crippen LogP contribution in [0, 0.1) is 0 Å². The van der Waals surface area contributed by atoms with Crippen molar-refractivity contribution in [1.29, 1.82) is 0 Å². The molecule has 0 atom stereocenters. The molecular weight excluding hydrogens is 390 g/mol. The largest absolute Gasteiger partial charge is 0.456 e. The zero-order valence-electron chi connectivity index (χ0n) is 17.6. The molecule has 1 heterocycles. The van der Waals surface area contributed by atoms with Crippen LogP contribution in [0.3, 0.4) is 0 Å². The number of hydrogen-bond acceptors (Lipinski definition) is 5. The molecule has 4 aromatic rings. The number of aliphatic hydroxyl groups is 2. The Morgan fingerprint density at radius 3 is 2.19 bits per heavy atom. The maximum absolute atomic E-state index is 13.1. The van der Waals surface area contributed by atoms with Crippen LogP contribution in [0.4, 0.5) is 0 Å². The van der Waals surface area contributed by atoms with Gasteiger partial charge in [-0.2, -0.15) is 0 Å². The first-order chi connectivity index (χ1) is 15.0. The molecule has 0 bridgehead atoms. The van der Waals surface area contributed by atoms with Crippen LogP contribution in [0.1, 0.15) is 24.5 Å². The quantitative estimate of drug-likeness (QED) is 0.398. The van der Waals surface area contributed by atoms with E-state index in [-0.39, 0.29) is 18.6 Å². The number of rotatable bonds is 7. The molecule has 5 heteroatoms. The predicted octanol–water partition coefficient (Wildman–Crippen LogP) is 3.79. The van der Waals surface area contributed by atoms with E-state index in [1.165, 1.54) is 5.56 Å². The summed E-state index contributed by atoms with van der Waals surface area (Å²) in [5.41, 5.74) is 10.2. The fourth-order valence-corrected chi connectivity index (χ4v) is 3.77. The molecule has 0 unspecified atom stereocenters. The van der Waals surface area contributed by atoms with E-state index in [4.69, 9.17) is 10.2 Å². The Kier molecular flexibility index (Phi) is 5.92. The van der Waals surface area contributed by atoms with Gasteiger partial charge in [0.2, 0.25) is 5.43 Å². The molecule has 0 aliphatic rings. The first kappa shape index (κ1) is 21.2. The molecule has 0 saturated carbocycles. The van der Waals surface area contributed by atoms with Crippen LogP contribution in [0.15, 0.2) is 69.9 Å². The van der Waals surface area contributed by atoms with Gasteiger partial charge in [0.05, 0.1) is 29.5 Å². The van der Waals surface area contributed by atoms with Crippen molar-refractivity contribution >= 4 is 21.9 Å². The van der Waals surface area contributed by atoms with Crippen LogP contribution in [0.2, 0.25) is 0 Å². The highest BCUT2D eigenvalue weighted by Crippen LogP contribution is 2.27. The summed E-state index contributed by atoms with van der Waals surface area (Å²) in [5.74, 6) is 0. The van der Waals surface area contributed by atoms with E-state index in [1.54, 1.807) is 6.07 Å². The highest BCUT2D eigenvalue weighted by atomic mass is 16.3. The molecule has 4 N–H and O–H groups in total. The number of hydrogen-bond donors (Lipinski definition) is 3. The van der Waals surface area contributed by atoms with Crippen molar-refractivity contribution < 1.29 is 14.6 Å². The normalized spacial score (nSPS) is 12.0. The highest BCUT2D eigenvalue weighted by Gasteiger charge is 2.22. The Balaban J connectivity index is 1.71. The molecule has 31 heavy (non-hydrogen) atoms. The lowest BCUT2D eigenvalue weighted by Gasteiger charge is -2.24. The summed E-state index contributed by atoms with van der Waals surface area (Å²) in [6.07, 6.45) is 1.94. The molecule has 0 amide bonds. The average Bonchev–Trinajstić information content (AvgIpc) is 2.82.